The highest BCUT2D eigenvalue weighted by molar-refractivity contribution is 7.12. The molecule has 0 bridgehead atoms. The average Bonchev–Trinajstić information content (AvgIpc) is 3.55. The molecule has 9 heteroatoms. The van der Waals surface area contributed by atoms with Gasteiger partial charge in [0.05, 0.1) is 16.8 Å². The van der Waals surface area contributed by atoms with Crippen LogP contribution in [-0.2, 0) is 4.79 Å². The summed E-state index contributed by atoms with van der Waals surface area (Å²) in [6.45, 7) is 3.41. The third kappa shape index (κ3) is 5.01. The van der Waals surface area contributed by atoms with E-state index in [4.69, 9.17) is 23.2 Å². The summed E-state index contributed by atoms with van der Waals surface area (Å²) in [5.41, 5.74) is 0.823. The smallest absolute Gasteiger partial charge is 0.330 e. The van der Waals surface area contributed by atoms with Gasteiger partial charge in [0.2, 0.25) is 0 Å². The first-order valence-corrected chi connectivity index (χ1v) is 14.2. The average molecular weight is 594 g/mol. The van der Waals surface area contributed by atoms with Gasteiger partial charge in [0.15, 0.2) is 5.78 Å². The first-order chi connectivity index (χ1) is 19.1. The van der Waals surface area contributed by atoms with Crippen molar-refractivity contribution in [1.29, 1.82) is 0 Å². The molecule has 1 aliphatic rings. The monoisotopic (exact) mass is 592 g/mol. The zero-order valence-corrected chi connectivity index (χ0v) is 24.0. The Morgan fingerprint density at radius 3 is 2.08 bits per heavy atom. The standard InChI is InChI=1S/C31H26Cl2N2O4S/c1-18-5-3-6-23(17-18)34-30(39)35-27(20-10-14-22(33)15-11-20)25(28(36)24-7-4-16-40-24)26(31(35,2)29(37)38)19-8-12-21(32)13-9-19/h3-17,25-27H,1-2H3,(H,34,39)(H,37,38). The predicted octanol–water partition coefficient (Wildman–Crippen LogP) is 8.08. The van der Waals surface area contributed by atoms with Gasteiger partial charge in [0, 0.05) is 21.7 Å². The van der Waals surface area contributed by atoms with E-state index in [-0.39, 0.29) is 5.78 Å². The number of hydrogen-bond donors (Lipinski definition) is 2. The molecular formula is C31H26Cl2N2O4S. The minimum Gasteiger partial charge on any atom is -0.479 e. The summed E-state index contributed by atoms with van der Waals surface area (Å²) in [6.07, 6.45) is 0. The number of nitrogens with zero attached hydrogens (tertiary/aromatic N) is 1. The van der Waals surface area contributed by atoms with Crippen LogP contribution < -0.4 is 5.32 Å². The fourth-order valence-electron chi connectivity index (χ4n) is 5.71. The fourth-order valence-corrected chi connectivity index (χ4v) is 6.67. The molecule has 40 heavy (non-hydrogen) atoms. The molecule has 6 nitrogen and oxygen atoms in total. The molecule has 4 aromatic rings. The first kappa shape index (κ1) is 27.9. The summed E-state index contributed by atoms with van der Waals surface area (Å²) in [6, 6.07) is 22.8. The molecular weight excluding hydrogens is 567 g/mol. The van der Waals surface area contributed by atoms with Crippen molar-refractivity contribution in [2.75, 3.05) is 5.32 Å². The van der Waals surface area contributed by atoms with Gasteiger partial charge in [-0.1, -0.05) is 65.7 Å². The molecule has 2 N–H and O–H groups in total. The number of benzene rings is 3. The molecule has 2 amide bonds. The maximum Gasteiger partial charge on any atom is 0.330 e. The van der Waals surface area contributed by atoms with Gasteiger partial charge < -0.3 is 10.4 Å². The van der Waals surface area contributed by atoms with Crippen LogP contribution >= 0.6 is 34.5 Å². The van der Waals surface area contributed by atoms with E-state index in [0.29, 0.717) is 31.7 Å². The number of halogens is 2. The van der Waals surface area contributed by atoms with Gasteiger partial charge >= 0.3 is 12.0 Å². The lowest BCUT2D eigenvalue weighted by atomic mass is 9.72. The number of carboxylic acids is 1. The van der Waals surface area contributed by atoms with E-state index in [0.717, 1.165) is 5.56 Å². The number of hydrogen-bond acceptors (Lipinski definition) is 4. The third-order valence-corrected chi connectivity index (χ3v) is 8.90. The van der Waals surface area contributed by atoms with Crippen LogP contribution in [0.15, 0.2) is 90.3 Å². The second kappa shape index (κ2) is 11.1. The highest BCUT2D eigenvalue weighted by atomic mass is 35.5. The Hall–Kier alpha value is -3.65. The summed E-state index contributed by atoms with van der Waals surface area (Å²) in [4.78, 5) is 43.6. The van der Waals surface area contributed by atoms with Crippen molar-refractivity contribution in [2.45, 2.75) is 31.3 Å². The van der Waals surface area contributed by atoms with Crippen LogP contribution in [0.3, 0.4) is 0 Å². The number of ketones is 1. The molecule has 1 aromatic heterocycles. The van der Waals surface area contributed by atoms with Gasteiger partial charge in [-0.25, -0.2) is 9.59 Å². The largest absolute Gasteiger partial charge is 0.479 e. The number of carbonyl (C=O) groups is 3. The number of thiophene rings is 1. The van der Waals surface area contributed by atoms with Crippen LogP contribution in [0, 0.1) is 12.8 Å². The van der Waals surface area contributed by atoms with Gasteiger partial charge in [-0.3, -0.25) is 9.69 Å². The summed E-state index contributed by atoms with van der Waals surface area (Å²) in [7, 11) is 0. The van der Waals surface area contributed by atoms with Gasteiger partial charge in [-0.05, 0) is 78.4 Å². The molecule has 3 aromatic carbocycles. The number of carboxylic acid groups (broad SMARTS) is 1. The Kier molecular flexibility index (Phi) is 7.73. The molecule has 0 spiro atoms. The van der Waals surface area contributed by atoms with Crippen molar-refractivity contribution in [3.05, 3.63) is 122 Å². The Bertz CT molecular complexity index is 1560. The molecule has 4 atom stereocenters. The molecule has 1 fully saturated rings. The summed E-state index contributed by atoms with van der Waals surface area (Å²) >= 11 is 13.7. The van der Waals surface area contributed by atoms with Crippen molar-refractivity contribution in [2.24, 2.45) is 5.92 Å². The molecule has 204 valence electrons. The maximum absolute atomic E-state index is 14.3. The molecule has 1 aliphatic heterocycles. The van der Waals surface area contributed by atoms with Crippen molar-refractivity contribution in [3.63, 3.8) is 0 Å². The van der Waals surface area contributed by atoms with Crippen LogP contribution in [-0.4, -0.2) is 33.3 Å². The Balaban J connectivity index is 1.76. The van der Waals surface area contributed by atoms with E-state index in [1.807, 2.05) is 19.1 Å². The number of Topliss-reactive ketones (excluding diaryl/α,β-unsaturated/α-hetero) is 1. The highest BCUT2D eigenvalue weighted by Gasteiger charge is 2.65. The van der Waals surface area contributed by atoms with Crippen molar-refractivity contribution in [1.82, 2.24) is 4.90 Å². The lowest BCUT2D eigenvalue weighted by molar-refractivity contribution is -0.148. The number of urea groups is 1. The molecule has 5 rings (SSSR count). The van der Waals surface area contributed by atoms with E-state index in [1.54, 1.807) is 78.2 Å². The van der Waals surface area contributed by atoms with E-state index in [2.05, 4.69) is 5.32 Å². The quantitative estimate of drug-likeness (QED) is 0.221. The zero-order chi connectivity index (χ0) is 28.6. The Labute approximate surface area is 246 Å². The number of anilines is 1. The van der Waals surface area contributed by atoms with Crippen molar-refractivity contribution >= 4 is 58.0 Å². The van der Waals surface area contributed by atoms with Crippen molar-refractivity contribution < 1.29 is 19.5 Å². The normalized spacial score (nSPS) is 22.2. The highest BCUT2D eigenvalue weighted by Crippen LogP contribution is 2.57. The zero-order valence-electron chi connectivity index (χ0n) is 21.7. The number of rotatable bonds is 6. The van der Waals surface area contributed by atoms with E-state index < -0.39 is 35.4 Å². The number of nitrogens with one attached hydrogen (secondary N) is 1. The molecule has 1 saturated heterocycles. The number of aliphatic carboxylic acids is 1. The number of carbonyl (C=O) groups excluding carboxylic acids is 2. The van der Waals surface area contributed by atoms with E-state index in [9.17, 15) is 19.5 Å². The predicted molar refractivity (Wildman–Crippen MR) is 159 cm³/mol. The van der Waals surface area contributed by atoms with Gasteiger partial charge in [0.1, 0.15) is 5.54 Å². The molecule has 2 heterocycles. The second-order valence-electron chi connectivity index (χ2n) is 10.0. The summed E-state index contributed by atoms with van der Waals surface area (Å²) < 4.78 is 0. The van der Waals surface area contributed by atoms with Gasteiger partial charge in [0.25, 0.3) is 0 Å². The number of likely N-dealkylation sites (tertiary alicyclic amines) is 1. The van der Waals surface area contributed by atoms with Crippen LogP contribution in [0.5, 0.6) is 0 Å². The maximum atomic E-state index is 14.3. The molecule has 0 radical (unpaired) electrons. The number of amides is 2. The summed E-state index contributed by atoms with van der Waals surface area (Å²) in [5, 5.41) is 16.5. The van der Waals surface area contributed by atoms with Crippen LogP contribution in [0.2, 0.25) is 10.0 Å². The summed E-state index contributed by atoms with van der Waals surface area (Å²) in [5.74, 6) is -3.30. The lowest BCUT2D eigenvalue weighted by Crippen LogP contribution is -2.55. The minimum absolute atomic E-state index is 0.242. The molecule has 0 saturated carbocycles. The lowest BCUT2D eigenvalue weighted by Gasteiger charge is -2.37. The third-order valence-electron chi connectivity index (χ3n) is 7.51. The van der Waals surface area contributed by atoms with Crippen LogP contribution in [0.25, 0.3) is 0 Å². The topological polar surface area (TPSA) is 86.7 Å². The van der Waals surface area contributed by atoms with Crippen LogP contribution in [0.1, 0.15) is 45.2 Å². The van der Waals surface area contributed by atoms with E-state index in [1.165, 1.54) is 23.2 Å². The Morgan fingerprint density at radius 2 is 1.52 bits per heavy atom. The Morgan fingerprint density at radius 1 is 0.900 bits per heavy atom. The van der Waals surface area contributed by atoms with E-state index >= 15 is 0 Å². The number of aryl methyl sites for hydroxylation is 1. The fraction of sp³-hybridized carbons (Fsp3) is 0.194. The van der Waals surface area contributed by atoms with Gasteiger partial charge in [-0.15, -0.1) is 11.3 Å². The molecule has 0 aliphatic carbocycles. The second-order valence-corrected chi connectivity index (χ2v) is 11.8. The first-order valence-electron chi connectivity index (χ1n) is 12.6. The van der Waals surface area contributed by atoms with Crippen molar-refractivity contribution in [3.8, 4) is 0 Å². The van der Waals surface area contributed by atoms with Gasteiger partial charge in [-0.2, -0.15) is 0 Å². The van der Waals surface area contributed by atoms with Crippen LogP contribution in [0.4, 0.5) is 10.5 Å². The minimum atomic E-state index is -1.82. The molecule has 4 unspecified atom stereocenters. The SMILES string of the molecule is Cc1cccc(NC(=O)N2C(c3ccc(Cl)cc3)C(C(=O)c3cccs3)C(c3ccc(Cl)cc3)C2(C)C(=O)O)c1.